The maximum atomic E-state index is 12.4. The lowest BCUT2D eigenvalue weighted by molar-refractivity contribution is 0.0606. The van der Waals surface area contributed by atoms with Gasteiger partial charge in [0, 0.05) is 17.5 Å². The molecular weight excluding hydrogens is 402 g/mol. The summed E-state index contributed by atoms with van der Waals surface area (Å²) in [6.07, 6.45) is 7.04. The fraction of sp³-hybridized carbons (Fsp3) is 0.222. The summed E-state index contributed by atoms with van der Waals surface area (Å²) < 4.78 is 7.43. The molecule has 0 aliphatic heterocycles. The summed E-state index contributed by atoms with van der Waals surface area (Å²) in [6.45, 7) is 0.760. The Morgan fingerprint density at radius 2 is 1.77 bits per heavy atom. The maximum Gasteiger partial charge on any atom is 0.348 e. The van der Waals surface area contributed by atoms with Crippen molar-refractivity contribution in [3.63, 3.8) is 0 Å². The minimum Gasteiger partial charge on any atom is -0.465 e. The van der Waals surface area contributed by atoms with Gasteiger partial charge in [0.2, 0.25) is 0 Å². The Morgan fingerprint density at radius 1 is 1.03 bits per heavy atom. The molecule has 31 heavy (non-hydrogen) atoms. The standard InChI is InChI=1S/C27H25NO2S/c1-30-27(29)23-17-22-24(20-13-7-3-8-14-20)25(21-15-9-4-10-16-21)28(26(22)31-23)18-19-11-5-2-6-12-19/h2,4-6,9-13,15-17H,3,7-8,14,18H2,1H3. The van der Waals surface area contributed by atoms with Crippen molar-refractivity contribution in [2.75, 3.05) is 7.11 Å². The second-order valence-corrected chi connectivity index (χ2v) is 8.99. The molecule has 4 aromatic rings. The van der Waals surface area contributed by atoms with Gasteiger partial charge < -0.3 is 9.30 Å². The summed E-state index contributed by atoms with van der Waals surface area (Å²) in [4.78, 5) is 14.1. The van der Waals surface area contributed by atoms with Crippen molar-refractivity contribution in [3.05, 3.63) is 88.8 Å². The van der Waals surface area contributed by atoms with E-state index < -0.39 is 0 Å². The molecule has 2 heterocycles. The molecular formula is C27H25NO2S. The maximum absolute atomic E-state index is 12.4. The first-order valence-corrected chi connectivity index (χ1v) is 11.6. The molecule has 3 nitrogen and oxygen atoms in total. The number of allylic oxidation sites excluding steroid dienone is 2. The SMILES string of the molecule is COC(=O)c1cc2c(C3=CCCCC3)c(-c3ccccc3)n(Cc3ccccc3)c2s1. The fourth-order valence-corrected chi connectivity index (χ4v) is 5.62. The number of nitrogens with zero attached hydrogens (tertiary/aromatic N) is 1. The zero-order valence-electron chi connectivity index (χ0n) is 17.6. The molecule has 0 radical (unpaired) electrons. The Labute approximate surface area is 186 Å². The molecule has 0 fully saturated rings. The number of benzene rings is 2. The highest BCUT2D eigenvalue weighted by Crippen LogP contribution is 2.44. The molecule has 0 amide bonds. The minimum absolute atomic E-state index is 0.266. The van der Waals surface area contributed by atoms with Crippen molar-refractivity contribution in [2.45, 2.75) is 32.2 Å². The van der Waals surface area contributed by atoms with Crippen LogP contribution in [0.15, 0.2) is 72.8 Å². The number of methoxy groups -OCH3 is 1. The van der Waals surface area contributed by atoms with E-state index in [0.29, 0.717) is 4.88 Å². The van der Waals surface area contributed by atoms with E-state index in [9.17, 15) is 4.79 Å². The van der Waals surface area contributed by atoms with Crippen LogP contribution in [0.3, 0.4) is 0 Å². The van der Waals surface area contributed by atoms with E-state index in [1.165, 1.54) is 59.2 Å². The summed E-state index contributed by atoms with van der Waals surface area (Å²) in [7, 11) is 1.45. The van der Waals surface area contributed by atoms with Gasteiger partial charge in [0.25, 0.3) is 0 Å². The Balaban J connectivity index is 1.81. The third kappa shape index (κ3) is 3.72. The lowest BCUT2D eigenvalue weighted by atomic mass is 9.90. The molecule has 0 saturated heterocycles. The third-order valence-corrected chi connectivity index (χ3v) is 7.10. The van der Waals surface area contributed by atoms with Crippen LogP contribution in [0, 0.1) is 0 Å². The Morgan fingerprint density at radius 3 is 2.45 bits per heavy atom. The molecule has 1 aliphatic rings. The predicted octanol–water partition coefficient (Wildman–Crippen LogP) is 7.16. The average molecular weight is 428 g/mol. The zero-order valence-corrected chi connectivity index (χ0v) is 18.5. The zero-order chi connectivity index (χ0) is 21.2. The number of carbonyl (C=O) groups is 1. The van der Waals surface area contributed by atoms with Crippen LogP contribution in [0.1, 0.15) is 46.5 Å². The molecule has 5 rings (SSSR count). The van der Waals surface area contributed by atoms with Gasteiger partial charge in [0.1, 0.15) is 9.71 Å². The summed E-state index contributed by atoms with van der Waals surface area (Å²) in [5.41, 5.74) is 6.38. The smallest absolute Gasteiger partial charge is 0.348 e. The first-order valence-electron chi connectivity index (χ1n) is 10.8. The van der Waals surface area contributed by atoms with E-state index in [0.717, 1.165) is 29.6 Å². The number of carbonyl (C=O) groups excluding carboxylic acids is 1. The first kappa shape index (κ1) is 19.8. The fourth-order valence-electron chi connectivity index (χ4n) is 4.53. The van der Waals surface area contributed by atoms with Gasteiger partial charge in [-0.2, -0.15) is 0 Å². The van der Waals surface area contributed by atoms with Crippen LogP contribution in [0.4, 0.5) is 0 Å². The van der Waals surface area contributed by atoms with Crippen LogP contribution in [0.25, 0.3) is 27.0 Å². The number of thiophene rings is 1. The van der Waals surface area contributed by atoms with Crippen molar-refractivity contribution in [2.24, 2.45) is 0 Å². The molecule has 0 spiro atoms. The van der Waals surface area contributed by atoms with Gasteiger partial charge in [-0.1, -0.05) is 66.7 Å². The number of aromatic nitrogens is 1. The van der Waals surface area contributed by atoms with E-state index in [1.807, 2.05) is 12.1 Å². The van der Waals surface area contributed by atoms with Gasteiger partial charge in [0.15, 0.2) is 0 Å². The molecule has 156 valence electrons. The van der Waals surface area contributed by atoms with E-state index >= 15 is 0 Å². The summed E-state index contributed by atoms with van der Waals surface area (Å²) in [5.74, 6) is -0.266. The lowest BCUT2D eigenvalue weighted by Crippen LogP contribution is -2.03. The summed E-state index contributed by atoms with van der Waals surface area (Å²) >= 11 is 1.53. The molecule has 0 atom stereocenters. The Hall–Kier alpha value is -3.11. The molecule has 0 N–H and O–H groups in total. The van der Waals surface area contributed by atoms with Gasteiger partial charge in [0.05, 0.1) is 12.8 Å². The van der Waals surface area contributed by atoms with Crippen molar-refractivity contribution in [3.8, 4) is 11.3 Å². The van der Waals surface area contributed by atoms with E-state index in [4.69, 9.17) is 4.74 Å². The monoisotopic (exact) mass is 427 g/mol. The van der Waals surface area contributed by atoms with Gasteiger partial charge in [-0.25, -0.2) is 4.79 Å². The van der Waals surface area contributed by atoms with Crippen LogP contribution >= 0.6 is 11.3 Å². The Bertz CT molecular complexity index is 1250. The van der Waals surface area contributed by atoms with Crippen molar-refractivity contribution in [1.29, 1.82) is 0 Å². The van der Waals surface area contributed by atoms with Gasteiger partial charge >= 0.3 is 5.97 Å². The molecule has 0 unspecified atom stereocenters. The van der Waals surface area contributed by atoms with Crippen LogP contribution in [0.5, 0.6) is 0 Å². The topological polar surface area (TPSA) is 31.2 Å². The number of rotatable bonds is 5. The Kier molecular flexibility index (Phi) is 5.47. The van der Waals surface area contributed by atoms with Crippen LogP contribution in [0.2, 0.25) is 0 Å². The molecule has 2 aromatic carbocycles. The van der Waals surface area contributed by atoms with E-state index in [1.54, 1.807) is 0 Å². The number of esters is 1. The van der Waals surface area contributed by atoms with Gasteiger partial charge in [-0.15, -0.1) is 11.3 Å². The van der Waals surface area contributed by atoms with Crippen molar-refractivity contribution < 1.29 is 9.53 Å². The first-order chi connectivity index (χ1) is 15.3. The van der Waals surface area contributed by atoms with E-state index in [-0.39, 0.29) is 5.97 Å². The molecule has 1 aliphatic carbocycles. The van der Waals surface area contributed by atoms with E-state index in [2.05, 4.69) is 65.2 Å². The normalized spacial score (nSPS) is 13.9. The molecule has 0 saturated carbocycles. The van der Waals surface area contributed by atoms with Crippen LogP contribution in [-0.4, -0.2) is 17.6 Å². The number of fused-ring (bicyclic) bond motifs is 1. The van der Waals surface area contributed by atoms with Crippen molar-refractivity contribution >= 4 is 33.1 Å². The molecule has 0 bridgehead atoms. The van der Waals surface area contributed by atoms with Crippen LogP contribution in [-0.2, 0) is 11.3 Å². The molecule has 4 heteroatoms. The highest BCUT2D eigenvalue weighted by molar-refractivity contribution is 7.20. The van der Waals surface area contributed by atoms with Gasteiger partial charge in [-0.05, 0) is 48.4 Å². The average Bonchev–Trinajstić information content (AvgIpc) is 3.38. The largest absolute Gasteiger partial charge is 0.465 e. The van der Waals surface area contributed by atoms with Crippen LogP contribution < -0.4 is 0 Å². The predicted molar refractivity (Wildman–Crippen MR) is 129 cm³/mol. The molecule has 2 aromatic heterocycles. The number of hydrogen-bond acceptors (Lipinski definition) is 3. The second-order valence-electron chi connectivity index (χ2n) is 7.96. The highest BCUT2D eigenvalue weighted by Gasteiger charge is 2.25. The highest BCUT2D eigenvalue weighted by atomic mass is 32.1. The minimum atomic E-state index is -0.266. The lowest BCUT2D eigenvalue weighted by Gasteiger charge is -2.17. The second kappa shape index (κ2) is 8.56. The summed E-state index contributed by atoms with van der Waals surface area (Å²) in [5, 5.41) is 1.16. The quantitative estimate of drug-likeness (QED) is 0.316. The summed E-state index contributed by atoms with van der Waals surface area (Å²) in [6, 6.07) is 23.2. The van der Waals surface area contributed by atoms with Gasteiger partial charge in [-0.3, -0.25) is 0 Å². The van der Waals surface area contributed by atoms with Crippen molar-refractivity contribution in [1.82, 2.24) is 4.57 Å². The number of ether oxygens (including phenoxy) is 1. The number of hydrogen-bond donors (Lipinski definition) is 0. The third-order valence-electron chi connectivity index (χ3n) is 5.96.